The Morgan fingerprint density at radius 1 is 1.04 bits per heavy atom. The molecule has 0 aliphatic heterocycles. The smallest absolute Gasteiger partial charge is 0.376 e. The van der Waals surface area contributed by atoms with Crippen LogP contribution >= 0.6 is 11.6 Å². The maximum atomic E-state index is 13.0. The van der Waals surface area contributed by atoms with Crippen LogP contribution in [0.3, 0.4) is 0 Å². The summed E-state index contributed by atoms with van der Waals surface area (Å²) in [6.07, 6.45) is 1.63. The third-order valence-electron chi connectivity index (χ3n) is 3.79. The van der Waals surface area contributed by atoms with Crippen LogP contribution in [0.2, 0.25) is 5.02 Å². The van der Waals surface area contributed by atoms with Gasteiger partial charge in [0.25, 0.3) is 15.8 Å². The molecule has 0 saturated heterocycles. The van der Waals surface area contributed by atoms with Crippen molar-refractivity contribution < 1.29 is 28.2 Å². The van der Waals surface area contributed by atoms with Crippen molar-refractivity contribution in [2.45, 2.75) is 4.90 Å². The molecule has 9 heteroatoms. The Kier molecular flexibility index (Phi) is 4.77. The zero-order valence-corrected chi connectivity index (χ0v) is 15.1. The second-order valence-corrected chi connectivity index (χ2v) is 7.77. The average molecular weight is 406 g/mol. The highest BCUT2D eigenvalue weighted by Crippen LogP contribution is 2.31. The lowest BCUT2D eigenvalue weighted by molar-refractivity contribution is -0.146. The Bertz CT molecular complexity index is 1200. The number of hydrogen-bond acceptors (Lipinski definition) is 5. The molecule has 0 aliphatic carbocycles. The lowest BCUT2D eigenvalue weighted by Crippen LogP contribution is -2.11. The molecule has 138 valence electrons. The number of benzene rings is 2. The zero-order valence-electron chi connectivity index (χ0n) is 13.5. The lowest BCUT2D eigenvalue weighted by atomic mass is 10.1. The van der Waals surface area contributed by atoms with Crippen molar-refractivity contribution in [3.05, 3.63) is 71.4 Å². The SMILES string of the molecule is O=C(O)C(=O)/C=C(\O)c1cn(S(=O)(=O)c2ccccc2)c2ccc(Cl)cc12. The van der Waals surface area contributed by atoms with Crippen molar-refractivity contribution in [2.75, 3.05) is 0 Å². The van der Waals surface area contributed by atoms with E-state index in [1.165, 1.54) is 30.3 Å². The second-order valence-electron chi connectivity index (χ2n) is 5.52. The zero-order chi connectivity index (χ0) is 19.8. The van der Waals surface area contributed by atoms with Gasteiger partial charge in [0.1, 0.15) is 5.76 Å². The maximum Gasteiger partial charge on any atom is 0.376 e. The Labute approximate surface area is 158 Å². The minimum absolute atomic E-state index is 0.0217. The molecule has 0 aliphatic rings. The third kappa shape index (κ3) is 3.44. The molecule has 0 unspecified atom stereocenters. The van der Waals surface area contributed by atoms with E-state index in [9.17, 15) is 23.1 Å². The van der Waals surface area contributed by atoms with Crippen LogP contribution in [-0.4, -0.2) is 34.4 Å². The van der Waals surface area contributed by atoms with Gasteiger partial charge in [0.2, 0.25) is 0 Å². The molecular weight excluding hydrogens is 394 g/mol. The Hall–Kier alpha value is -3.10. The van der Waals surface area contributed by atoms with Gasteiger partial charge in [-0.15, -0.1) is 0 Å². The Balaban J connectivity index is 2.28. The third-order valence-corrected chi connectivity index (χ3v) is 5.71. The predicted octanol–water partition coefficient (Wildman–Crippen LogP) is 3.08. The molecule has 0 saturated carbocycles. The molecule has 1 heterocycles. The van der Waals surface area contributed by atoms with Crippen molar-refractivity contribution >= 4 is 50.0 Å². The molecule has 0 atom stereocenters. The van der Waals surface area contributed by atoms with E-state index in [1.807, 2.05) is 0 Å². The number of carboxylic acid groups (broad SMARTS) is 1. The number of carbonyl (C=O) groups excluding carboxylic acids is 1. The summed E-state index contributed by atoms with van der Waals surface area (Å²) in [5.74, 6) is -3.78. The van der Waals surface area contributed by atoms with Gasteiger partial charge < -0.3 is 10.2 Å². The molecule has 7 nitrogen and oxygen atoms in total. The first-order valence-corrected chi connectivity index (χ1v) is 9.33. The molecule has 0 amide bonds. The number of aliphatic hydroxyl groups is 1. The minimum Gasteiger partial charge on any atom is -0.507 e. The number of carboxylic acids is 1. The number of ketones is 1. The fourth-order valence-corrected chi connectivity index (χ4v) is 4.11. The highest BCUT2D eigenvalue weighted by atomic mass is 35.5. The molecule has 3 aromatic rings. The average Bonchev–Trinajstić information content (AvgIpc) is 3.01. The summed E-state index contributed by atoms with van der Waals surface area (Å²) >= 11 is 5.97. The summed E-state index contributed by atoms with van der Waals surface area (Å²) in [6, 6.07) is 12.0. The van der Waals surface area contributed by atoms with Crippen LogP contribution in [0.25, 0.3) is 16.7 Å². The molecular formula is C18H12ClNO6S. The monoisotopic (exact) mass is 405 g/mol. The first kappa shape index (κ1) is 18.7. The minimum atomic E-state index is -4.00. The highest BCUT2D eigenvalue weighted by molar-refractivity contribution is 7.90. The largest absolute Gasteiger partial charge is 0.507 e. The number of hydrogen-bond donors (Lipinski definition) is 2. The van der Waals surface area contributed by atoms with Crippen molar-refractivity contribution in [1.29, 1.82) is 0 Å². The van der Waals surface area contributed by atoms with E-state index in [2.05, 4.69) is 0 Å². The van der Waals surface area contributed by atoms with Crippen LogP contribution in [0.1, 0.15) is 5.56 Å². The molecule has 0 radical (unpaired) electrons. The summed E-state index contributed by atoms with van der Waals surface area (Å²) in [6.45, 7) is 0. The fraction of sp³-hybridized carbons (Fsp3) is 0. The number of fused-ring (bicyclic) bond motifs is 1. The fourth-order valence-electron chi connectivity index (χ4n) is 2.55. The first-order chi connectivity index (χ1) is 12.7. The summed E-state index contributed by atoms with van der Waals surface area (Å²) < 4.78 is 26.9. The molecule has 27 heavy (non-hydrogen) atoms. The van der Waals surface area contributed by atoms with E-state index < -0.39 is 27.5 Å². The number of halogens is 1. The number of aliphatic hydroxyl groups excluding tert-OH is 1. The number of rotatable bonds is 5. The quantitative estimate of drug-likeness (QED) is 0.383. The Morgan fingerprint density at radius 3 is 2.33 bits per heavy atom. The number of carbonyl (C=O) groups is 2. The molecule has 2 aromatic carbocycles. The van der Waals surface area contributed by atoms with Gasteiger partial charge in [-0.25, -0.2) is 17.2 Å². The van der Waals surface area contributed by atoms with Gasteiger partial charge in [-0.1, -0.05) is 29.8 Å². The summed E-state index contributed by atoms with van der Waals surface area (Å²) in [5, 5.41) is 19.4. The molecule has 3 rings (SSSR count). The summed E-state index contributed by atoms with van der Waals surface area (Å²) in [5.41, 5.74) is 0.169. The van der Waals surface area contributed by atoms with Crippen molar-refractivity contribution in [2.24, 2.45) is 0 Å². The van der Waals surface area contributed by atoms with Crippen LogP contribution in [0.5, 0.6) is 0 Å². The Morgan fingerprint density at radius 2 is 1.70 bits per heavy atom. The first-order valence-electron chi connectivity index (χ1n) is 7.51. The van der Waals surface area contributed by atoms with Gasteiger partial charge >= 0.3 is 5.97 Å². The van der Waals surface area contributed by atoms with Gasteiger partial charge in [0.05, 0.1) is 10.4 Å². The van der Waals surface area contributed by atoms with Crippen molar-refractivity contribution in [3.8, 4) is 0 Å². The van der Waals surface area contributed by atoms with Crippen LogP contribution in [-0.2, 0) is 19.6 Å². The molecule has 1 aromatic heterocycles. The summed E-state index contributed by atoms with van der Waals surface area (Å²) in [4.78, 5) is 22.1. The van der Waals surface area contributed by atoms with Crippen LogP contribution in [0, 0.1) is 0 Å². The van der Waals surface area contributed by atoms with Gasteiger partial charge in [0.15, 0.2) is 0 Å². The van der Waals surface area contributed by atoms with E-state index in [0.29, 0.717) is 6.08 Å². The van der Waals surface area contributed by atoms with Gasteiger partial charge in [-0.3, -0.25) is 4.79 Å². The predicted molar refractivity (Wildman–Crippen MR) is 99.2 cm³/mol. The standard InChI is InChI=1S/C18H12ClNO6S/c19-11-6-7-15-13(8-11)14(16(21)9-17(22)18(23)24)10-20(15)27(25,26)12-4-2-1-3-5-12/h1-10,21H,(H,23,24)/b16-9-. The van der Waals surface area contributed by atoms with Crippen molar-refractivity contribution in [1.82, 2.24) is 3.97 Å². The molecule has 2 N–H and O–H groups in total. The van der Waals surface area contributed by atoms with Crippen molar-refractivity contribution in [3.63, 3.8) is 0 Å². The highest BCUT2D eigenvalue weighted by Gasteiger charge is 2.23. The summed E-state index contributed by atoms with van der Waals surface area (Å²) in [7, 11) is -4.00. The van der Waals surface area contributed by atoms with Crippen LogP contribution in [0.15, 0.2) is 65.7 Å². The van der Waals surface area contributed by atoms with Gasteiger partial charge in [-0.05, 0) is 30.3 Å². The molecule has 0 bridgehead atoms. The maximum absolute atomic E-state index is 13.0. The number of aliphatic carboxylic acids is 1. The van der Waals surface area contributed by atoms with Gasteiger partial charge in [0, 0.05) is 28.2 Å². The topological polar surface area (TPSA) is 114 Å². The van der Waals surface area contributed by atoms with E-state index >= 15 is 0 Å². The molecule has 0 spiro atoms. The van der Waals surface area contributed by atoms with E-state index in [-0.39, 0.29) is 26.4 Å². The lowest BCUT2D eigenvalue weighted by Gasteiger charge is -2.07. The van der Waals surface area contributed by atoms with E-state index in [4.69, 9.17) is 16.7 Å². The molecule has 0 fully saturated rings. The van der Waals surface area contributed by atoms with E-state index in [1.54, 1.807) is 18.2 Å². The number of aromatic nitrogens is 1. The second kappa shape index (κ2) is 6.90. The van der Waals surface area contributed by atoms with Gasteiger partial charge in [-0.2, -0.15) is 0 Å². The van der Waals surface area contributed by atoms with Crippen LogP contribution < -0.4 is 0 Å². The van der Waals surface area contributed by atoms with Crippen LogP contribution in [0.4, 0.5) is 0 Å². The normalized spacial score (nSPS) is 12.3. The number of nitrogens with zero attached hydrogens (tertiary/aromatic N) is 1. The van der Waals surface area contributed by atoms with E-state index in [0.717, 1.165) is 10.2 Å².